The van der Waals surface area contributed by atoms with Crippen LogP contribution in [0.5, 0.6) is 0 Å². The minimum atomic E-state index is -3.61. The highest BCUT2D eigenvalue weighted by Gasteiger charge is 2.17. The third-order valence-corrected chi connectivity index (χ3v) is 4.11. The first-order valence-electron chi connectivity index (χ1n) is 6.45. The Labute approximate surface area is 124 Å². The summed E-state index contributed by atoms with van der Waals surface area (Å²) in [6.45, 7) is 3.82. The quantitative estimate of drug-likeness (QED) is 0.918. The molecule has 0 atom stereocenters. The molecule has 2 rings (SSSR count). The standard InChI is InChI=1S/C14H16N4O2S/c1-11(2)18-14(7-8-16-18)17-21(19,20)10-13-6-4-3-5-12(13)9-15/h3-8,11,17H,10H2,1-2H3. The number of anilines is 1. The Morgan fingerprint density at radius 3 is 2.71 bits per heavy atom. The summed E-state index contributed by atoms with van der Waals surface area (Å²) in [5.74, 6) is 0.166. The molecule has 1 N–H and O–H groups in total. The molecule has 0 aliphatic heterocycles. The zero-order valence-electron chi connectivity index (χ0n) is 11.8. The van der Waals surface area contributed by atoms with Crippen LogP contribution >= 0.6 is 0 Å². The number of hydrogen-bond donors (Lipinski definition) is 1. The van der Waals surface area contributed by atoms with Crippen LogP contribution in [0.4, 0.5) is 5.82 Å². The van der Waals surface area contributed by atoms with Gasteiger partial charge in [-0.25, -0.2) is 13.1 Å². The average Bonchev–Trinajstić information content (AvgIpc) is 2.86. The van der Waals surface area contributed by atoms with E-state index in [9.17, 15) is 8.42 Å². The van der Waals surface area contributed by atoms with E-state index in [0.717, 1.165) is 0 Å². The van der Waals surface area contributed by atoms with E-state index >= 15 is 0 Å². The molecule has 0 amide bonds. The molecule has 6 nitrogen and oxygen atoms in total. The number of hydrogen-bond acceptors (Lipinski definition) is 4. The molecule has 0 spiro atoms. The Balaban J connectivity index is 2.24. The van der Waals surface area contributed by atoms with Crippen LogP contribution in [0.25, 0.3) is 0 Å². The number of sulfonamides is 1. The van der Waals surface area contributed by atoms with Crippen molar-refractivity contribution >= 4 is 15.8 Å². The van der Waals surface area contributed by atoms with Crippen molar-refractivity contribution < 1.29 is 8.42 Å². The van der Waals surface area contributed by atoms with Gasteiger partial charge in [-0.05, 0) is 25.5 Å². The second-order valence-electron chi connectivity index (χ2n) is 4.88. The van der Waals surface area contributed by atoms with Crippen LogP contribution < -0.4 is 4.72 Å². The van der Waals surface area contributed by atoms with E-state index in [-0.39, 0.29) is 11.8 Å². The highest BCUT2D eigenvalue weighted by molar-refractivity contribution is 7.91. The number of benzene rings is 1. The van der Waals surface area contributed by atoms with E-state index in [0.29, 0.717) is 16.9 Å². The molecule has 0 radical (unpaired) electrons. The van der Waals surface area contributed by atoms with Crippen LogP contribution in [-0.4, -0.2) is 18.2 Å². The molecule has 2 aromatic rings. The fourth-order valence-electron chi connectivity index (χ4n) is 1.96. The van der Waals surface area contributed by atoms with Gasteiger partial charge in [0.15, 0.2) is 0 Å². The van der Waals surface area contributed by atoms with Crippen LogP contribution in [0, 0.1) is 11.3 Å². The van der Waals surface area contributed by atoms with E-state index < -0.39 is 10.0 Å². The summed E-state index contributed by atoms with van der Waals surface area (Å²) in [5, 5.41) is 13.1. The number of aromatic nitrogens is 2. The van der Waals surface area contributed by atoms with E-state index in [1.54, 1.807) is 41.2 Å². The van der Waals surface area contributed by atoms with E-state index in [2.05, 4.69) is 9.82 Å². The van der Waals surface area contributed by atoms with E-state index in [1.165, 1.54) is 0 Å². The topological polar surface area (TPSA) is 87.8 Å². The van der Waals surface area contributed by atoms with Gasteiger partial charge in [-0.15, -0.1) is 0 Å². The highest BCUT2D eigenvalue weighted by atomic mass is 32.2. The Kier molecular flexibility index (Phi) is 4.29. The summed E-state index contributed by atoms with van der Waals surface area (Å²) in [6, 6.07) is 10.3. The summed E-state index contributed by atoms with van der Waals surface area (Å²) < 4.78 is 28.6. The molecule has 0 fully saturated rings. The Hall–Kier alpha value is -2.33. The van der Waals surface area contributed by atoms with Crippen LogP contribution in [0.2, 0.25) is 0 Å². The maximum atomic E-state index is 12.2. The zero-order valence-corrected chi connectivity index (χ0v) is 12.6. The van der Waals surface area contributed by atoms with Gasteiger partial charge in [-0.1, -0.05) is 18.2 Å². The summed E-state index contributed by atoms with van der Waals surface area (Å²) in [6.07, 6.45) is 1.54. The predicted octanol–water partition coefficient (Wildman–Crippen LogP) is 2.28. The second kappa shape index (κ2) is 5.97. The van der Waals surface area contributed by atoms with Crippen molar-refractivity contribution in [3.63, 3.8) is 0 Å². The molecule has 0 bridgehead atoms. The van der Waals surface area contributed by atoms with Crippen LogP contribution in [0.1, 0.15) is 31.0 Å². The molecule has 1 aromatic heterocycles. The summed E-state index contributed by atoms with van der Waals surface area (Å²) in [4.78, 5) is 0. The predicted molar refractivity (Wildman–Crippen MR) is 80.0 cm³/mol. The van der Waals surface area contributed by atoms with Gasteiger partial charge in [0.05, 0.1) is 23.6 Å². The van der Waals surface area contributed by atoms with Crippen molar-refractivity contribution in [2.45, 2.75) is 25.6 Å². The molecule has 110 valence electrons. The molecule has 0 aliphatic rings. The van der Waals surface area contributed by atoms with Crippen molar-refractivity contribution in [1.82, 2.24) is 9.78 Å². The SMILES string of the molecule is CC(C)n1nccc1NS(=O)(=O)Cc1ccccc1C#N. The van der Waals surface area contributed by atoms with Gasteiger partial charge >= 0.3 is 0 Å². The van der Waals surface area contributed by atoms with Crippen molar-refractivity contribution in [3.8, 4) is 6.07 Å². The largest absolute Gasteiger partial charge is 0.267 e. The normalized spacial score (nSPS) is 11.3. The molecular formula is C14H16N4O2S. The first-order chi connectivity index (χ1) is 9.93. The third kappa shape index (κ3) is 3.61. The minimum absolute atomic E-state index is 0.0455. The Morgan fingerprint density at radius 1 is 1.33 bits per heavy atom. The number of rotatable bonds is 5. The molecule has 0 unspecified atom stereocenters. The molecule has 0 saturated carbocycles. The van der Waals surface area contributed by atoms with E-state index in [4.69, 9.17) is 5.26 Å². The third-order valence-electron chi connectivity index (χ3n) is 2.90. The van der Waals surface area contributed by atoms with Gasteiger partial charge in [0, 0.05) is 12.1 Å². The summed E-state index contributed by atoms with van der Waals surface area (Å²) in [5.41, 5.74) is 0.836. The van der Waals surface area contributed by atoms with E-state index in [1.807, 2.05) is 19.9 Å². The Bertz CT molecular complexity index is 772. The van der Waals surface area contributed by atoms with Gasteiger partial charge in [0.25, 0.3) is 0 Å². The van der Waals surface area contributed by atoms with Crippen molar-refractivity contribution in [2.24, 2.45) is 0 Å². The number of nitrogens with zero attached hydrogens (tertiary/aromatic N) is 3. The van der Waals surface area contributed by atoms with Crippen LogP contribution in [0.15, 0.2) is 36.5 Å². The molecule has 1 aromatic carbocycles. The lowest BCUT2D eigenvalue weighted by Crippen LogP contribution is -2.19. The van der Waals surface area contributed by atoms with Gasteiger partial charge in [-0.3, -0.25) is 4.72 Å². The van der Waals surface area contributed by atoms with Crippen molar-refractivity contribution in [2.75, 3.05) is 4.72 Å². The molecule has 0 saturated heterocycles. The molecule has 7 heteroatoms. The first kappa shape index (κ1) is 15.1. The fraction of sp³-hybridized carbons (Fsp3) is 0.286. The zero-order chi connectivity index (χ0) is 15.5. The number of nitriles is 1. The highest BCUT2D eigenvalue weighted by Crippen LogP contribution is 2.17. The molecular weight excluding hydrogens is 288 g/mol. The lowest BCUT2D eigenvalue weighted by Gasteiger charge is -2.13. The van der Waals surface area contributed by atoms with Gasteiger partial charge in [0.1, 0.15) is 5.82 Å². The first-order valence-corrected chi connectivity index (χ1v) is 8.10. The monoisotopic (exact) mass is 304 g/mol. The fourth-order valence-corrected chi connectivity index (χ4v) is 3.18. The Morgan fingerprint density at radius 2 is 2.05 bits per heavy atom. The van der Waals surface area contributed by atoms with Gasteiger partial charge < -0.3 is 0 Å². The van der Waals surface area contributed by atoms with Crippen LogP contribution in [0.3, 0.4) is 0 Å². The maximum Gasteiger partial charge on any atom is 0.238 e. The summed E-state index contributed by atoms with van der Waals surface area (Å²) >= 11 is 0. The number of nitrogens with one attached hydrogen (secondary N) is 1. The average molecular weight is 304 g/mol. The van der Waals surface area contributed by atoms with Crippen LogP contribution in [-0.2, 0) is 15.8 Å². The van der Waals surface area contributed by atoms with Gasteiger partial charge in [-0.2, -0.15) is 10.4 Å². The van der Waals surface area contributed by atoms with Gasteiger partial charge in [0.2, 0.25) is 10.0 Å². The maximum absolute atomic E-state index is 12.2. The molecule has 1 heterocycles. The molecule has 21 heavy (non-hydrogen) atoms. The molecule has 0 aliphatic carbocycles. The smallest absolute Gasteiger partial charge is 0.238 e. The lowest BCUT2D eigenvalue weighted by atomic mass is 10.1. The van der Waals surface area contributed by atoms with Crippen molar-refractivity contribution in [1.29, 1.82) is 5.26 Å². The lowest BCUT2D eigenvalue weighted by molar-refractivity contribution is 0.539. The van der Waals surface area contributed by atoms with Crippen molar-refractivity contribution in [3.05, 3.63) is 47.7 Å². The minimum Gasteiger partial charge on any atom is -0.267 e. The summed E-state index contributed by atoms with van der Waals surface area (Å²) in [7, 11) is -3.61. The second-order valence-corrected chi connectivity index (χ2v) is 6.61.